The molecule has 1 aromatic rings. The van der Waals surface area contributed by atoms with Crippen LogP contribution in [0.5, 0.6) is 5.75 Å². The van der Waals surface area contributed by atoms with Gasteiger partial charge in [-0.2, -0.15) is 13.2 Å². The molecule has 0 radical (unpaired) electrons. The van der Waals surface area contributed by atoms with Gasteiger partial charge in [0.1, 0.15) is 11.4 Å². The highest BCUT2D eigenvalue weighted by Gasteiger charge is 2.38. The number of alkyl halides is 3. The van der Waals surface area contributed by atoms with E-state index >= 15 is 0 Å². The lowest BCUT2D eigenvalue weighted by atomic mass is 10.0. The molecule has 6 nitrogen and oxygen atoms in total. The Labute approximate surface area is 168 Å². The van der Waals surface area contributed by atoms with Crippen LogP contribution in [0.3, 0.4) is 0 Å². The van der Waals surface area contributed by atoms with Gasteiger partial charge in [-0.3, -0.25) is 9.69 Å². The number of carbonyl (C=O) groups excluding carboxylic acids is 2. The van der Waals surface area contributed by atoms with Crippen LogP contribution in [-0.4, -0.2) is 53.1 Å². The number of ether oxygens (including phenoxy) is 2. The summed E-state index contributed by atoms with van der Waals surface area (Å²) in [5.41, 5.74) is -1.38. The molecule has 0 bridgehead atoms. The minimum Gasteiger partial charge on any atom is -0.444 e. The van der Waals surface area contributed by atoms with Gasteiger partial charge in [-0.05, 0) is 52.3 Å². The van der Waals surface area contributed by atoms with Crippen molar-refractivity contribution in [1.29, 1.82) is 0 Å². The van der Waals surface area contributed by atoms with Gasteiger partial charge >= 0.3 is 12.3 Å². The molecule has 1 aliphatic heterocycles. The quantitative estimate of drug-likeness (QED) is 0.693. The van der Waals surface area contributed by atoms with Crippen LogP contribution < -0.4 is 4.74 Å². The van der Waals surface area contributed by atoms with Gasteiger partial charge in [-0.25, -0.2) is 4.79 Å². The third-order valence-corrected chi connectivity index (χ3v) is 4.56. The predicted octanol–water partition coefficient (Wildman–Crippen LogP) is 4.07. The molecule has 1 amide bonds. The summed E-state index contributed by atoms with van der Waals surface area (Å²) >= 11 is 0. The second-order valence-corrected chi connectivity index (χ2v) is 8.31. The number of nitrogens with zero attached hydrogens (tertiary/aromatic N) is 2. The molecule has 0 aliphatic carbocycles. The summed E-state index contributed by atoms with van der Waals surface area (Å²) in [4.78, 5) is 26.4. The first-order valence-electron chi connectivity index (χ1n) is 9.36. The molecule has 0 spiro atoms. The standard InChI is InChI=1S/C20H27F3N2O4/c1-13-9-24(10-14(2)25(13)18(27)29-19(3,4)5)11-15-6-7-16(28-12-26)8-17(15)20(21,22)23/h6-8,12-14H,9-11H2,1-5H3. The zero-order chi connectivity index (χ0) is 22.0. The Morgan fingerprint density at radius 2 is 1.76 bits per heavy atom. The lowest BCUT2D eigenvalue weighted by Gasteiger charge is -2.44. The molecule has 1 saturated heterocycles. The SMILES string of the molecule is CC1CN(Cc2ccc(OC=O)cc2C(F)(F)F)CC(C)N1C(=O)OC(C)(C)C. The van der Waals surface area contributed by atoms with E-state index in [0.29, 0.717) is 13.1 Å². The number of piperazine rings is 1. The van der Waals surface area contributed by atoms with Crippen LogP contribution in [0.2, 0.25) is 0 Å². The maximum Gasteiger partial charge on any atom is 0.416 e. The molecule has 9 heteroatoms. The first kappa shape index (κ1) is 23.0. The summed E-state index contributed by atoms with van der Waals surface area (Å²) in [6.45, 7) is 10.0. The van der Waals surface area contributed by atoms with Crippen LogP contribution in [0.25, 0.3) is 0 Å². The van der Waals surface area contributed by atoms with E-state index in [2.05, 4.69) is 4.74 Å². The summed E-state index contributed by atoms with van der Waals surface area (Å²) in [5.74, 6) is -0.160. The minimum absolute atomic E-state index is 0.0626. The number of benzene rings is 1. The number of rotatable bonds is 4. The fourth-order valence-corrected chi connectivity index (χ4v) is 3.56. The molecule has 2 unspecified atom stereocenters. The number of carbonyl (C=O) groups is 2. The van der Waals surface area contributed by atoms with Crippen LogP contribution in [0.15, 0.2) is 18.2 Å². The van der Waals surface area contributed by atoms with Gasteiger partial charge in [0.15, 0.2) is 0 Å². The molecule has 29 heavy (non-hydrogen) atoms. The second-order valence-electron chi connectivity index (χ2n) is 8.31. The van der Waals surface area contributed by atoms with Gasteiger partial charge in [-0.15, -0.1) is 0 Å². The Hall–Kier alpha value is -2.29. The number of halogens is 3. The molecule has 2 rings (SSSR count). The van der Waals surface area contributed by atoms with E-state index in [-0.39, 0.29) is 36.4 Å². The molecule has 2 atom stereocenters. The van der Waals surface area contributed by atoms with Crippen molar-refractivity contribution in [3.8, 4) is 5.75 Å². The fraction of sp³-hybridized carbons (Fsp3) is 0.600. The van der Waals surface area contributed by atoms with E-state index in [1.807, 2.05) is 18.7 Å². The molecule has 0 saturated carbocycles. The summed E-state index contributed by atoms with van der Waals surface area (Å²) in [6.07, 6.45) is -5.00. The molecule has 0 N–H and O–H groups in total. The van der Waals surface area contributed by atoms with Crippen molar-refractivity contribution in [2.24, 2.45) is 0 Å². The summed E-state index contributed by atoms with van der Waals surface area (Å²) in [6, 6.07) is 3.04. The summed E-state index contributed by atoms with van der Waals surface area (Å²) < 4.78 is 50.4. The van der Waals surface area contributed by atoms with Crippen LogP contribution in [0.4, 0.5) is 18.0 Å². The highest BCUT2D eigenvalue weighted by molar-refractivity contribution is 5.69. The highest BCUT2D eigenvalue weighted by atomic mass is 19.4. The van der Waals surface area contributed by atoms with Gasteiger partial charge in [0.25, 0.3) is 6.47 Å². The monoisotopic (exact) mass is 416 g/mol. The first-order chi connectivity index (χ1) is 13.3. The molecule has 0 aromatic heterocycles. The Kier molecular flexibility index (Phi) is 6.82. The Morgan fingerprint density at radius 1 is 1.17 bits per heavy atom. The molecule has 162 valence electrons. The zero-order valence-electron chi connectivity index (χ0n) is 17.2. The maximum atomic E-state index is 13.5. The van der Waals surface area contributed by atoms with Crippen molar-refractivity contribution in [1.82, 2.24) is 9.80 Å². The van der Waals surface area contributed by atoms with Gasteiger partial charge in [-0.1, -0.05) is 6.07 Å². The Balaban J connectivity index is 2.16. The third-order valence-electron chi connectivity index (χ3n) is 4.56. The van der Waals surface area contributed by atoms with Crippen LogP contribution >= 0.6 is 0 Å². The van der Waals surface area contributed by atoms with Crippen molar-refractivity contribution >= 4 is 12.6 Å². The fourth-order valence-electron chi connectivity index (χ4n) is 3.56. The average molecular weight is 416 g/mol. The Morgan fingerprint density at radius 3 is 2.24 bits per heavy atom. The normalized spacial score (nSPS) is 21.0. The Bertz CT molecular complexity index is 734. The molecular weight excluding hydrogens is 389 g/mol. The smallest absolute Gasteiger partial charge is 0.416 e. The summed E-state index contributed by atoms with van der Waals surface area (Å²) in [5, 5.41) is 0. The topological polar surface area (TPSA) is 59.1 Å². The van der Waals surface area contributed by atoms with Crippen LogP contribution in [0.1, 0.15) is 45.7 Å². The van der Waals surface area contributed by atoms with Crippen molar-refractivity contribution in [2.45, 2.75) is 65.0 Å². The molecule has 1 aliphatic rings. The van der Waals surface area contributed by atoms with Crippen molar-refractivity contribution in [3.05, 3.63) is 29.3 Å². The van der Waals surface area contributed by atoms with E-state index in [0.717, 1.165) is 6.07 Å². The largest absolute Gasteiger partial charge is 0.444 e. The van der Waals surface area contributed by atoms with Crippen molar-refractivity contribution in [2.75, 3.05) is 13.1 Å². The molecular formula is C20H27F3N2O4. The van der Waals surface area contributed by atoms with Crippen molar-refractivity contribution < 1.29 is 32.2 Å². The van der Waals surface area contributed by atoms with Gasteiger partial charge in [0.05, 0.1) is 5.56 Å². The first-order valence-corrected chi connectivity index (χ1v) is 9.36. The van der Waals surface area contributed by atoms with Gasteiger partial charge in [0.2, 0.25) is 0 Å². The number of amides is 1. The zero-order valence-corrected chi connectivity index (χ0v) is 17.2. The van der Waals surface area contributed by atoms with E-state index in [1.54, 1.807) is 25.7 Å². The lowest BCUT2D eigenvalue weighted by molar-refractivity contribution is -0.138. The van der Waals surface area contributed by atoms with E-state index in [9.17, 15) is 22.8 Å². The number of hydrogen-bond donors (Lipinski definition) is 0. The lowest BCUT2D eigenvalue weighted by Crippen LogP contribution is -2.59. The van der Waals surface area contributed by atoms with Gasteiger partial charge in [0, 0.05) is 31.7 Å². The summed E-state index contributed by atoms with van der Waals surface area (Å²) in [7, 11) is 0. The average Bonchev–Trinajstić information content (AvgIpc) is 2.53. The minimum atomic E-state index is -4.58. The van der Waals surface area contributed by atoms with Crippen LogP contribution in [0, 0.1) is 0 Å². The second kappa shape index (κ2) is 8.61. The molecule has 1 aromatic carbocycles. The van der Waals surface area contributed by atoms with E-state index in [1.165, 1.54) is 12.1 Å². The molecule has 1 heterocycles. The predicted molar refractivity (Wildman–Crippen MR) is 100 cm³/mol. The number of hydrogen-bond acceptors (Lipinski definition) is 5. The molecule has 1 fully saturated rings. The van der Waals surface area contributed by atoms with E-state index in [4.69, 9.17) is 4.74 Å². The van der Waals surface area contributed by atoms with Crippen molar-refractivity contribution in [3.63, 3.8) is 0 Å². The third kappa shape index (κ3) is 6.09. The highest BCUT2D eigenvalue weighted by Crippen LogP contribution is 2.35. The maximum absolute atomic E-state index is 13.5. The van der Waals surface area contributed by atoms with Gasteiger partial charge < -0.3 is 14.4 Å². The van der Waals surface area contributed by atoms with Crippen LogP contribution in [-0.2, 0) is 22.3 Å². The van der Waals surface area contributed by atoms with E-state index < -0.39 is 23.4 Å².